The number of aryl methyl sites for hydroxylation is 1. The number of hydrogen-bond acceptors (Lipinski definition) is 5. The highest BCUT2D eigenvalue weighted by atomic mass is 32.2. The first kappa shape index (κ1) is 22.0. The number of carbonyl (C=O) groups is 1. The van der Waals surface area contributed by atoms with E-state index >= 15 is 0 Å². The Morgan fingerprint density at radius 2 is 1.87 bits per heavy atom. The first-order chi connectivity index (χ1) is 14.4. The molecule has 2 aromatic rings. The number of nitrogens with zero attached hydrogens (tertiary/aromatic N) is 1. The lowest BCUT2D eigenvalue weighted by atomic mass is 10.1. The van der Waals surface area contributed by atoms with Crippen molar-refractivity contribution in [3.8, 4) is 5.75 Å². The first-order valence-electron chi connectivity index (χ1n) is 9.80. The summed E-state index contributed by atoms with van der Waals surface area (Å²) in [4.78, 5) is 12.4. The SMILES string of the molecule is CCOc1ccc(NC(=O)/C=C/c2ccc(C)cc2)cc1S(=O)(=O)N1CCOCC1. The molecule has 3 rings (SSSR count). The van der Waals surface area contributed by atoms with Crippen LogP contribution >= 0.6 is 0 Å². The van der Waals surface area contributed by atoms with E-state index in [0.717, 1.165) is 11.1 Å². The summed E-state index contributed by atoms with van der Waals surface area (Å²) in [5.41, 5.74) is 2.42. The Bertz CT molecular complexity index is 1010. The highest BCUT2D eigenvalue weighted by Crippen LogP contribution is 2.30. The van der Waals surface area contributed by atoms with Crippen LogP contribution in [0.4, 0.5) is 5.69 Å². The van der Waals surface area contributed by atoms with Crippen LogP contribution in [-0.2, 0) is 19.6 Å². The van der Waals surface area contributed by atoms with Gasteiger partial charge in [0.1, 0.15) is 10.6 Å². The quantitative estimate of drug-likeness (QED) is 0.683. The molecule has 1 amide bonds. The van der Waals surface area contributed by atoms with E-state index in [4.69, 9.17) is 9.47 Å². The predicted molar refractivity (Wildman–Crippen MR) is 116 cm³/mol. The molecule has 0 aromatic heterocycles. The van der Waals surface area contributed by atoms with Crippen molar-refractivity contribution >= 4 is 27.7 Å². The maximum Gasteiger partial charge on any atom is 0.248 e. The molecule has 30 heavy (non-hydrogen) atoms. The van der Waals surface area contributed by atoms with Crippen LogP contribution in [0.15, 0.2) is 53.4 Å². The van der Waals surface area contributed by atoms with Crippen LogP contribution < -0.4 is 10.1 Å². The van der Waals surface area contributed by atoms with Gasteiger partial charge in [-0.25, -0.2) is 8.42 Å². The highest BCUT2D eigenvalue weighted by Gasteiger charge is 2.29. The topological polar surface area (TPSA) is 84.9 Å². The Balaban J connectivity index is 1.81. The van der Waals surface area contributed by atoms with Gasteiger partial charge >= 0.3 is 0 Å². The fraction of sp³-hybridized carbons (Fsp3) is 0.318. The van der Waals surface area contributed by atoms with Gasteiger partial charge in [-0.15, -0.1) is 0 Å². The zero-order valence-electron chi connectivity index (χ0n) is 17.1. The number of benzene rings is 2. The Morgan fingerprint density at radius 1 is 1.17 bits per heavy atom. The fourth-order valence-electron chi connectivity index (χ4n) is 3.02. The lowest BCUT2D eigenvalue weighted by Crippen LogP contribution is -2.40. The van der Waals surface area contributed by atoms with Crippen molar-refractivity contribution in [1.82, 2.24) is 4.31 Å². The lowest BCUT2D eigenvalue weighted by Gasteiger charge is -2.27. The molecule has 1 fully saturated rings. The van der Waals surface area contributed by atoms with Crippen molar-refractivity contribution < 1.29 is 22.7 Å². The zero-order valence-corrected chi connectivity index (χ0v) is 17.9. The van der Waals surface area contributed by atoms with Gasteiger partial charge in [-0.3, -0.25) is 4.79 Å². The maximum atomic E-state index is 13.1. The van der Waals surface area contributed by atoms with Gasteiger partial charge in [-0.2, -0.15) is 4.31 Å². The van der Waals surface area contributed by atoms with Crippen molar-refractivity contribution in [2.75, 3.05) is 38.2 Å². The van der Waals surface area contributed by atoms with E-state index in [9.17, 15) is 13.2 Å². The third kappa shape index (κ3) is 5.47. The van der Waals surface area contributed by atoms with Crippen molar-refractivity contribution in [3.63, 3.8) is 0 Å². The van der Waals surface area contributed by atoms with Gasteiger partial charge < -0.3 is 14.8 Å². The largest absolute Gasteiger partial charge is 0.492 e. The molecule has 160 valence electrons. The van der Waals surface area contributed by atoms with Crippen LogP contribution in [0.2, 0.25) is 0 Å². The normalized spacial score (nSPS) is 15.3. The van der Waals surface area contributed by atoms with Crippen molar-refractivity contribution in [3.05, 3.63) is 59.7 Å². The summed E-state index contributed by atoms with van der Waals surface area (Å²) in [5.74, 6) is -0.0911. The smallest absolute Gasteiger partial charge is 0.248 e. The molecule has 1 aliphatic rings. The van der Waals surface area contributed by atoms with E-state index in [1.807, 2.05) is 31.2 Å². The molecular formula is C22H26N2O5S. The van der Waals surface area contributed by atoms with Gasteiger partial charge in [0, 0.05) is 24.9 Å². The van der Waals surface area contributed by atoms with E-state index in [-0.39, 0.29) is 29.6 Å². The fourth-order valence-corrected chi connectivity index (χ4v) is 4.59. The van der Waals surface area contributed by atoms with E-state index in [2.05, 4.69) is 5.32 Å². The van der Waals surface area contributed by atoms with Crippen molar-refractivity contribution in [2.45, 2.75) is 18.7 Å². The summed E-state index contributed by atoms with van der Waals surface area (Å²) in [6.07, 6.45) is 3.12. The van der Waals surface area contributed by atoms with Crippen LogP contribution in [-0.4, -0.2) is 51.5 Å². The minimum Gasteiger partial charge on any atom is -0.492 e. The Hall–Kier alpha value is -2.68. The number of amides is 1. The van der Waals surface area contributed by atoms with Crippen LogP contribution in [0.5, 0.6) is 5.75 Å². The number of nitrogens with one attached hydrogen (secondary N) is 1. The van der Waals surface area contributed by atoms with E-state index < -0.39 is 10.0 Å². The molecule has 0 atom stereocenters. The molecule has 1 N–H and O–H groups in total. The van der Waals surface area contributed by atoms with Crippen molar-refractivity contribution in [1.29, 1.82) is 0 Å². The summed E-state index contributed by atoms with van der Waals surface area (Å²) in [7, 11) is -3.77. The summed E-state index contributed by atoms with van der Waals surface area (Å²) in [6.45, 7) is 5.38. The Labute approximate surface area is 177 Å². The van der Waals surface area contributed by atoms with Gasteiger partial charge in [0.25, 0.3) is 0 Å². The molecule has 1 aliphatic heterocycles. The van der Waals surface area contributed by atoms with Crippen molar-refractivity contribution in [2.24, 2.45) is 0 Å². The maximum absolute atomic E-state index is 13.1. The average molecular weight is 431 g/mol. The second-order valence-electron chi connectivity index (χ2n) is 6.84. The summed E-state index contributed by atoms with van der Waals surface area (Å²) in [6, 6.07) is 12.4. The zero-order chi connectivity index (χ0) is 21.6. The predicted octanol–water partition coefficient (Wildman–Crippen LogP) is 3.07. The number of morpholine rings is 1. The van der Waals surface area contributed by atoms with Gasteiger partial charge in [0.15, 0.2) is 0 Å². The van der Waals surface area contributed by atoms with Crippen LogP contribution in [0.3, 0.4) is 0 Å². The number of anilines is 1. The minimum absolute atomic E-state index is 0.0339. The molecular weight excluding hydrogens is 404 g/mol. The Morgan fingerprint density at radius 3 is 2.53 bits per heavy atom. The standard InChI is InChI=1S/C22H26N2O5S/c1-3-29-20-10-9-19(16-21(20)30(26,27)24-12-14-28-15-13-24)23-22(25)11-8-18-6-4-17(2)5-7-18/h4-11,16H,3,12-15H2,1-2H3,(H,23,25)/b11-8+. The van der Waals surface area contributed by atoms with E-state index in [1.165, 1.54) is 16.4 Å². The highest BCUT2D eigenvalue weighted by molar-refractivity contribution is 7.89. The third-order valence-corrected chi connectivity index (χ3v) is 6.52. The minimum atomic E-state index is -3.77. The van der Waals surface area contributed by atoms with Gasteiger partial charge in [0.2, 0.25) is 15.9 Å². The van der Waals surface area contributed by atoms with Crippen LogP contribution in [0.25, 0.3) is 6.08 Å². The van der Waals surface area contributed by atoms with E-state index in [0.29, 0.717) is 25.5 Å². The lowest BCUT2D eigenvalue weighted by molar-refractivity contribution is -0.111. The molecule has 0 radical (unpaired) electrons. The third-order valence-electron chi connectivity index (χ3n) is 4.60. The van der Waals surface area contributed by atoms with Crippen LogP contribution in [0.1, 0.15) is 18.1 Å². The molecule has 2 aromatic carbocycles. The molecule has 0 bridgehead atoms. The molecule has 1 heterocycles. The molecule has 0 saturated carbocycles. The first-order valence-corrected chi connectivity index (χ1v) is 11.2. The Kier molecular flexibility index (Phi) is 7.25. The monoisotopic (exact) mass is 430 g/mol. The second-order valence-corrected chi connectivity index (χ2v) is 8.75. The number of rotatable bonds is 7. The van der Waals surface area contributed by atoms with E-state index in [1.54, 1.807) is 25.1 Å². The second kappa shape index (κ2) is 9.88. The molecule has 0 aliphatic carbocycles. The average Bonchev–Trinajstić information content (AvgIpc) is 2.75. The van der Waals surface area contributed by atoms with Crippen LogP contribution in [0, 0.1) is 6.92 Å². The summed E-state index contributed by atoms with van der Waals surface area (Å²) < 4.78 is 38.4. The number of ether oxygens (including phenoxy) is 2. The number of hydrogen-bond donors (Lipinski definition) is 1. The van der Waals surface area contributed by atoms with Gasteiger partial charge in [-0.05, 0) is 43.7 Å². The molecule has 8 heteroatoms. The van der Waals surface area contributed by atoms with Gasteiger partial charge in [-0.1, -0.05) is 29.8 Å². The number of sulfonamides is 1. The van der Waals surface area contributed by atoms with Gasteiger partial charge in [0.05, 0.1) is 19.8 Å². The molecule has 7 nitrogen and oxygen atoms in total. The molecule has 0 spiro atoms. The summed E-state index contributed by atoms with van der Waals surface area (Å²) >= 11 is 0. The molecule has 0 unspecified atom stereocenters. The molecule has 1 saturated heterocycles. The summed E-state index contributed by atoms with van der Waals surface area (Å²) in [5, 5.41) is 2.72. The number of carbonyl (C=O) groups excluding carboxylic acids is 1.